The molecule has 2 aromatic carbocycles. The van der Waals surface area contributed by atoms with Crippen LogP contribution in [-0.4, -0.2) is 18.9 Å². The van der Waals surface area contributed by atoms with Crippen molar-refractivity contribution in [3.63, 3.8) is 0 Å². The molecule has 0 unspecified atom stereocenters. The van der Waals surface area contributed by atoms with E-state index >= 15 is 0 Å². The molecule has 30 heavy (non-hydrogen) atoms. The van der Waals surface area contributed by atoms with Crippen molar-refractivity contribution in [2.24, 2.45) is 0 Å². The SMILES string of the molecule is Cc1ccc(Cl)cc1NC(=O)Cn1c(C)cc(C)c(S(=O)(=O)c2ccccc2)c1=O. The van der Waals surface area contributed by atoms with Gasteiger partial charge in [-0.15, -0.1) is 0 Å². The summed E-state index contributed by atoms with van der Waals surface area (Å²) in [4.78, 5) is 25.4. The Labute approximate surface area is 180 Å². The molecule has 0 bridgehead atoms. The van der Waals surface area contributed by atoms with Gasteiger partial charge < -0.3 is 9.88 Å². The normalized spacial score (nSPS) is 11.3. The number of carbonyl (C=O) groups excluding carboxylic acids is 1. The summed E-state index contributed by atoms with van der Waals surface area (Å²) >= 11 is 5.98. The number of carbonyl (C=O) groups is 1. The molecule has 6 nitrogen and oxygen atoms in total. The highest BCUT2D eigenvalue weighted by molar-refractivity contribution is 7.91. The third kappa shape index (κ3) is 4.32. The fourth-order valence-electron chi connectivity index (χ4n) is 3.21. The summed E-state index contributed by atoms with van der Waals surface area (Å²) < 4.78 is 27.3. The molecule has 0 radical (unpaired) electrons. The zero-order chi connectivity index (χ0) is 22.1. The molecule has 8 heteroatoms. The number of sulfone groups is 1. The molecule has 0 atom stereocenters. The first-order valence-electron chi connectivity index (χ1n) is 9.18. The van der Waals surface area contributed by atoms with Gasteiger partial charge in [-0.1, -0.05) is 35.9 Å². The van der Waals surface area contributed by atoms with Gasteiger partial charge in [0.25, 0.3) is 5.56 Å². The quantitative estimate of drug-likeness (QED) is 0.646. The standard InChI is InChI=1S/C22H21ClN2O4S/c1-14-9-10-17(23)12-19(14)24-20(26)13-25-16(3)11-15(2)21(22(25)27)30(28,29)18-7-5-4-6-8-18/h4-12H,13H2,1-3H3,(H,24,26). The van der Waals surface area contributed by atoms with Crippen LogP contribution >= 0.6 is 11.6 Å². The second-order valence-electron chi connectivity index (χ2n) is 7.01. The summed E-state index contributed by atoms with van der Waals surface area (Å²) in [6.07, 6.45) is 0. The minimum Gasteiger partial charge on any atom is -0.324 e. The van der Waals surface area contributed by atoms with Crippen LogP contribution in [0.15, 0.2) is 69.2 Å². The molecule has 0 aliphatic heterocycles. The fourth-order valence-corrected chi connectivity index (χ4v) is 4.96. The molecule has 1 N–H and O–H groups in total. The van der Waals surface area contributed by atoms with Gasteiger partial charge in [0.2, 0.25) is 15.7 Å². The van der Waals surface area contributed by atoms with E-state index in [2.05, 4.69) is 5.32 Å². The van der Waals surface area contributed by atoms with Crippen LogP contribution in [0.4, 0.5) is 5.69 Å². The van der Waals surface area contributed by atoms with E-state index in [4.69, 9.17) is 11.6 Å². The van der Waals surface area contributed by atoms with Crippen molar-refractivity contribution < 1.29 is 13.2 Å². The number of hydrogen-bond acceptors (Lipinski definition) is 4. The van der Waals surface area contributed by atoms with Crippen molar-refractivity contribution in [3.8, 4) is 0 Å². The molecule has 0 saturated heterocycles. The van der Waals surface area contributed by atoms with Gasteiger partial charge in [-0.25, -0.2) is 8.42 Å². The third-order valence-corrected chi connectivity index (χ3v) is 6.91. The average Bonchev–Trinajstić information content (AvgIpc) is 2.68. The van der Waals surface area contributed by atoms with Crippen LogP contribution < -0.4 is 10.9 Å². The second-order valence-corrected chi connectivity index (χ2v) is 9.34. The van der Waals surface area contributed by atoms with E-state index in [1.165, 1.54) is 12.1 Å². The van der Waals surface area contributed by atoms with Crippen LogP contribution in [0, 0.1) is 20.8 Å². The Morgan fingerprint density at radius 2 is 1.67 bits per heavy atom. The molecule has 0 aliphatic rings. The number of anilines is 1. The zero-order valence-corrected chi connectivity index (χ0v) is 18.3. The number of nitrogens with one attached hydrogen (secondary N) is 1. The highest BCUT2D eigenvalue weighted by atomic mass is 35.5. The maximum atomic E-state index is 13.1. The number of rotatable bonds is 5. The first kappa shape index (κ1) is 21.8. The van der Waals surface area contributed by atoms with E-state index in [-0.39, 0.29) is 16.3 Å². The summed E-state index contributed by atoms with van der Waals surface area (Å²) in [7, 11) is -4.03. The topological polar surface area (TPSA) is 85.2 Å². The summed E-state index contributed by atoms with van der Waals surface area (Å²) in [5.74, 6) is -0.461. The van der Waals surface area contributed by atoms with Crippen LogP contribution in [0.25, 0.3) is 0 Å². The molecule has 156 valence electrons. The molecule has 0 aliphatic carbocycles. The summed E-state index contributed by atoms with van der Waals surface area (Å²) in [6, 6.07) is 14.4. The molecule has 1 heterocycles. The minimum atomic E-state index is -4.03. The Bertz CT molecular complexity index is 1280. The Balaban J connectivity index is 2.01. The Morgan fingerprint density at radius 3 is 2.33 bits per heavy atom. The number of halogens is 1. The number of benzene rings is 2. The summed E-state index contributed by atoms with van der Waals surface area (Å²) in [5, 5.41) is 3.19. The fraction of sp³-hybridized carbons (Fsp3) is 0.182. The van der Waals surface area contributed by atoms with Crippen molar-refractivity contribution in [1.29, 1.82) is 0 Å². The molecule has 1 aromatic heterocycles. The van der Waals surface area contributed by atoms with Crippen molar-refractivity contribution >= 4 is 33.0 Å². The number of nitrogens with zero attached hydrogens (tertiary/aromatic N) is 1. The number of amides is 1. The van der Waals surface area contributed by atoms with Crippen molar-refractivity contribution in [2.45, 2.75) is 37.1 Å². The van der Waals surface area contributed by atoms with E-state index in [1.807, 2.05) is 6.92 Å². The lowest BCUT2D eigenvalue weighted by Gasteiger charge is -2.15. The maximum Gasteiger partial charge on any atom is 0.270 e. The van der Waals surface area contributed by atoms with Gasteiger partial charge in [-0.05, 0) is 62.2 Å². The minimum absolute atomic E-state index is 0.0274. The summed E-state index contributed by atoms with van der Waals surface area (Å²) in [5.41, 5.74) is 1.44. The molecule has 0 spiro atoms. The zero-order valence-electron chi connectivity index (χ0n) is 16.8. The smallest absolute Gasteiger partial charge is 0.270 e. The predicted molar refractivity (Wildman–Crippen MR) is 117 cm³/mol. The van der Waals surface area contributed by atoms with E-state index < -0.39 is 21.3 Å². The van der Waals surface area contributed by atoms with Crippen LogP contribution in [0.2, 0.25) is 5.02 Å². The Morgan fingerprint density at radius 1 is 1.00 bits per heavy atom. The van der Waals surface area contributed by atoms with Crippen LogP contribution in [-0.2, 0) is 21.2 Å². The highest BCUT2D eigenvalue weighted by Gasteiger charge is 2.26. The van der Waals surface area contributed by atoms with Crippen molar-refractivity contribution in [3.05, 3.63) is 86.8 Å². The molecule has 3 rings (SSSR count). The van der Waals surface area contributed by atoms with Crippen LogP contribution in [0.1, 0.15) is 16.8 Å². The van der Waals surface area contributed by atoms with E-state index in [9.17, 15) is 18.0 Å². The lowest BCUT2D eigenvalue weighted by atomic mass is 10.2. The lowest BCUT2D eigenvalue weighted by molar-refractivity contribution is -0.116. The first-order chi connectivity index (χ1) is 14.1. The van der Waals surface area contributed by atoms with Crippen molar-refractivity contribution in [2.75, 3.05) is 5.32 Å². The molecule has 0 fully saturated rings. The second kappa shape index (κ2) is 8.45. The number of hydrogen-bond donors (Lipinski definition) is 1. The van der Waals surface area contributed by atoms with E-state index in [0.29, 0.717) is 22.0 Å². The van der Waals surface area contributed by atoms with Gasteiger partial charge in [0.05, 0.1) is 4.90 Å². The monoisotopic (exact) mass is 444 g/mol. The van der Waals surface area contributed by atoms with E-state index in [0.717, 1.165) is 10.1 Å². The van der Waals surface area contributed by atoms with Crippen LogP contribution in [0.3, 0.4) is 0 Å². The van der Waals surface area contributed by atoms with Gasteiger partial charge in [0.1, 0.15) is 11.4 Å². The van der Waals surface area contributed by atoms with Gasteiger partial charge in [-0.2, -0.15) is 0 Å². The third-order valence-electron chi connectivity index (χ3n) is 4.75. The first-order valence-corrected chi connectivity index (χ1v) is 11.0. The average molecular weight is 445 g/mol. The van der Waals surface area contributed by atoms with Gasteiger partial charge in [0.15, 0.2) is 0 Å². The molecular weight excluding hydrogens is 424 g/mol. The number of pyridine rings is 1. The van der Waals surface area contributed by atoms with Gasteiger partial charge in [-0.3, -0.25) is 9.59 Å². The van der Waals surface area contributed by atoms with Gasteiger partial charge in [0, 0.05) is 16.4 Å². The molecule has 0 saturated carbocycles. The highest BCUT2D eigenvalue weighted by Crippen LogP contribution is 2.22. The Hall–Kier alpha value is -2.90. The van der Waals surface area contributed by atoms with E-state index in [1.54, 1.807) is 56.3 Å². The molecule has 3 aromatic rings. The molecule has 1 amide bonds. The van der Waals surface area contributed by atoms with Crippen molar-refractivity contribution in [1.82, 2.24) is 4.57 Å². The summed E-state index contributed by atoms with van der Waals surface area (Å²) in [6.45, 7) is 4.73. The van der Waals surface area contributed by atoms with Gasteiger partial charge >= 0.3 is 0 Å². The maximum absolute atomic E-state index is 13.1. The van der Waals surface area contributed by atoms with Crippen LogP contribution in [0.5, 0.6) is 0 Å². The Kier molecular flexibility index (Phi) is 6.14. The number of aromatic nitrogens is 1. The predicted octanol–water partition coefficient (Wildman–Crippen LogP) is 3.90. The molecular formula is C22H21ClN2O4S. The number of aryl methyl sites for hydroxylation is 3. The lowest BCUT2D eigenvalue weighted by Crippen LogP contribution is -2.33. The largest absolute Gasteiger partial charge is 0.324 e.